The first-order chi connectivity index (χ1) is 13.6. The highest BCUT2D eigenvalue weighted by molar-refractivity contribution is 7.90. The molecular formula is C17H19F2N3O6S. The number of halogens is 2. The van der Waals surface area contributed by atoms with E-state index in [1.807, 2.05) is 0 Å². The van der Waals surface area contributed by atoms with E-state index in [4.69, 9.17) is 9.26 Å². The fraction of sp³-hybridized carbons (Fsp3) is 0.471. The molecule has 3 rings (SSSR count). The van der Waals surface area contributed by atoms with E-state index in [0.717, 1.165) is 25.0 Å². The number of carboxylic acid groups (broad SMARTS) is 1. The first-order valence-electron chi connectivity index (χ1n) is 8.76. The summed E-state index contributed by atoms with van der Waals surface area (Å²) in [5, 5.41) is 12.9. The number of piperidine rings is 1. The van der Waals surface area contributed by atoms with Crippen molar-refractivity contribution in [2.75, 3.05) is 12.8 Å². The molecule has 1 aromatic carbocycles. The molecule has 1 amide bonds. The zero-order valence-corrected chi connectivity index (χ0v) is 16.4. The van der Waals surface area contributed by atoms with E-state index in [0.29, 0.717) is 19.2 Å². The maximum atomic E-state index is 14.1. The summed E-state index contributed by atoms with van der Waals surface area (Å²) in [5.74, 6) is -2.70. The summed E-state index contributed by atoms with van der Waals surface area (Å²) < 4.78 is 62.0. The van der Waals surface area contributed by atoms with Crippen LogP contribution in [0.3, 0.4) is 0 Å². The minimum absolute atomic E-state index is 0.0103. The Bertz CT molecular complexity index is 1000. The van der Waals surface area contributed by atoms with Crippen LogP contribution >= 0.6 is 0 Å². The number of ether oxygens (including phenoxy) is 1. The van der Waals surface area contributed by atoms with Crippen molar-refractivity contribution in [2.45, 2.75) is 43.4 Å². The Morgan fingerprint density at radius 3 is 2.59 bits per heavy atom. The van der Waals surface area contributed by atoms with E-state index in [2.05, 4.69) is 10.1 Å². The van der Waals surface area contributed by atoms with Crippen LogP contribution in [-0.4, -0.2) is 53.7 Å². The molecule has 0 radical (unpaired) electrons. The van der Waals surface area contributed by atoms with Crippen LogP contribution in [0.15, 0.2) is 21.6 Å². The van der Waals surface area contributed by atoms with Crippen LogP contribution in [0.4, 0.5) is 13.6 Å². The molecule has 158 valence electrons. The van der Waals surface area contributed by atoms with Crippen molar-refractivity contribution in [3.63, 3.8) is 0 Å². The Morgan fingerprint density at radius 1 is 1.34 bits per heavy atom. The van der Waals surface area contributed by atoms with Crippen LogP contribution in [0.25, 0.3) is 11.4 Å². The molecule has 0 saturated carbocycles. The molecule has 2 unspecified atom stereocenters. The van der Waals surface area contributed by atoms with E-state index in [1.54, 1.807) is 6.92 Å². The summed E-state index contributed by atoms with van der Waals surface area (Å²) in [6.07, 6.45) is 0.228. The van der Waals surface area contributed by atoms with Crippen LogP contribution < -0.4 is 0 Å². The molecule has 0 bridgehead atoms. The number of rotatable bonds is 5. The maximum Gasteiger partial charge on any atom is 0.409 e. The Labute approximate surface area is 165 Å². The molecule has 12 heteroatoms. The molecule has 1 N–H and O–H groups in total. The van der Waals surface area contributed by atoms with Crippen molar-refractivity contribution in [3.8, 4) is 11.4 Å². The lowest BCUT2D eigenvalue weighted by atomic mass is 10.1. The van der Waals surface area contributed by atoms with Gasteiger partial charge in [-0.25, -0.2) is 22.0 Å². The second-order valence-electron chi connectivity index (χ2n) is 6.70. The van der Waals surface area contributed by atoms with E-state index in [-0.39, 0.29) is 17.3 Å². The topological polar surface area (TPSA) is 123 Å². The summed E-state index contributed by atoms with van der Waals surface area (Å²) >= 11 is 0. The Kier molecular flexibility index (Phi) is 5.85. The van der Waals surface area contributed by atoms with Gasteiger partial charge in [0.25, 0.3) is 5.89 Å². The first kappa shape index (κ1) is 21.1. The minimum atomic E-state index is -4.09. The van der Waals surface area contributed by atoms with Crippen molar-refractivity contribution < 1.29 is 36.4 Å². The summed E-state index contributed by atoms with van der Waals surface area (Å²) in [6.45, 7) is 1.94. The van der Waals surface area contributed by atoms with E-state index in [9.17, 15) is 27.1 Å². The van der Waals surface area contributed by atoms with Gasteiger partial charge in [0.2, 0.25) is 5.82 Å². The van der Waals surface area contributed by atoms with Crippen LogP contribution in [-0.2, 0) is 14.6 Å². The average Bonchev–Trinajstić information content (AvgIpc) is 3.10. The lowest BCUT2D eigenvalue weighted by Crippen LogP contribution is -2.44. The third-order valence-electron chi connectivity index (χ3n) is 4.47. The number of aromatic nitrogens is 2. The van der Waals surface area contributed by atoms with Gasteiger partial charge in [-0.05, 0) is 38.3 Å². The maximum absolute atomic E-state index is 14.1. The predicted octanol–water partition coefficient (Wildman–Crippen LogP) is 2.99. The van der Waals surface area contributed by atoms with Gasteiger partial charge in [0, 0.05) is 18.4 Å². The van der Waals surface area contributed by atoms with E-state index < -0.39 is 44.8 Å². The Hall–Kier alpha value is -2.60. The normalized spacial score (nSPS) is 18.6. The Balaban J connectivity index is 1.81. The van der Waals surface area contributed by atoms with Gasteiger partial charge >= 0.3 is 6.09 Å². The molecule has 0 aliphatic carbocycles. The smallest absolute Gasteiger partial charge is 0.409 e. The fourth-order valence-corrected chi connectivity index (χ4v) is 3.94. The summed E-state index contributed by atoms with van der Waals surface area (Å²) in [4.78, 5) is 15.5. The number of benzene rings is 1. The highest BCUT2D eigenvalue weighted by Gasteiger charge is 2.30. The lowest BCUT2D eigenvalue weighted by molar-refractivity contribution is -0.107. The van der Waals surface area contributed by atoms with Crippen LogP contribution in [0, 0.1) is 11.6 Å². The van der Waals surface area contributed by atoms with Crippen molar-refractivity contribution >= 4 is 15.9 Å². The van der Waals surface area contributed by atoms with E-state index >= 15 is 0 Å². The zero-order valence-electron chi connectivity index (χ0n) is 15.6. The third-order valence-corrected chi connectivity index (χ3v) is 5.60. The molecule has 9 nitrogen and oxygen atoms in total. The molecule has 1 saturated heterocycles. The van der Waals surface area contributed by atoms with Gasteiger partial charge in [0.15, 0.2) is 9.84 Å². The number of hydrogen-bond acceptors (Lipinski definition) is 7. The molecule has 1 aliphatic heterocycles. The summed E-state index contributed by atoms with van der Waals surface area (Å²) in [6, 6.07) is 1.60. The molecular weight excluding hydrogens is 412 g/mol. The van der Waals surface area contributed by atoms with Crippen molar-refractivity contribution in [2.24, 2.45) is 0 Å². The van der Waals surface area contributed by atoms with Gasteiger partial charge < -0.3 is 14.4 Å². The SMILES string of the molecule is CC(OC1CCCCN1C(=O)O)c1nc(-c2cc(F)c(S(C)(=O)=O)c(F)c2)no1. The monoisotopic (exact) mass is 431 g/mol. The fourth-order valence-electron chi connectivity index (χ4n) is 3.12. The van der Waals surface area contributed by atoms with Crippen molar-refractivity contribution in [1.29, 1.82) is 0 Å². The second kappa shape index (κ2) is 8.03. The third kappa shape index (κ3) is 4.53. The molecule has 2 atom stereocenters. The van der Waals surface area contributed by atoms with Crippen LogP contribution in [0.1, 0.15) is 38.2 Å². The highest BCUT2D eigenvalue weighted by atomic mass is 32.2. The highest BCUT2D eigenvalue weighted by Crippen LogP contribution is 2.28. The van der Waals surface area contributed by atoms with E-state index in [1.165, 1.54) is 4.90 Å². The number of amides is 1. The number of likely N-dealkylation sites (tertiary alicyclic amines) is 1. The van der Waals surface area contributed by atoms with Crippen molar-refractivity contribution in [3.05, 3.63) is 29.7 Å². The number of carbonyl (C=O) groups is 1. The van der Waals surface area contributed by atoms with Gasteiger partial charge in [-0.15, -0.1) is 0 Å². The number of nitrogens with zero attached hydrogens (tertiary/aromatic N) is 3. The Morgan fingerprint density at radius 2 is 2.00 bits per heavy atom. The average molecular weight is 431 g/mol. The summed E-state index contributed by atoms with van der Waals surface area (Å²) in [5.41, 5.74) is -0.112. The summed E-state index contributed by atoms with van der Waals surface area (Å²) in [7, 11) is -4.09. The van der Waals surface area contributed by atoms with Crippen LogP contribution in [0.2, 0.25) is 0 Å². The van der Waals surface area contributed by atoms with Gasteiger partial charge in [0.1, 0.15) is 28.9 Å². The van der Waals surface area contributed by atoms with Crippen molar-refractivity contribution in [1.82, 2.24) is 15.0 Å². The lowest BCUT2D eigenvalue weighted by Gasteiger charge is -2.34. The second-order valence-corrected chi connectivity index (χ2v) is 8.65. The molecule has 1 fully saturated rings. The first-order valence-corrected chi connectivity index (χ1v) is 10.6. The molecule has 29 heavy (non-hydrogen) atoms. The largest absolute Gasteiger partial charge is 0.465 e. The molecule has 0 spiro atoms. The minimum Gasteiger partial charge on any atom is -0.465 e. The molecule has 2 aromatic rings. The number of hydrogen-bond donors (Lipinski definition) is 1. The van der Waals surface area contributed by atoms with Gasteiger partial charge in [-0.3, -0.25) is 4.90 Å². The number of sulfone groups is 1. The molecule has 1 aliphatic rings. The van der Waals surface area contributed by atoms with Gasteiger partial charge in [-0.1, -0.05) is 5.16 Å². The molecule has 2 heterocycles. The van der Waals surface area contributed by atoms with Gasteiger partial charge in [0.05, 0.1) is 0 Å². The van der Waals surface area contributed by atoms with Gasteiger partial charge in [-0.2, -0.15) is 4.98 Å². The zero-order chi connectivity index (χ0) is 21.3. The predicted molar refractivity (Wildman–Crippen MR) is 94.6 cm³/mol. The standard InChI is InChI=1S/C17H19F2N3O6S/c1-9(27-13-5-3-4-6-22(13)17(23)24)16-20-15(21-28-16)10-7-11(18)14(12(19)8-10)29(2,25)26/h7-9,13H,3-6H2,1-2H3,(H,23,24). The quantitative estimate of drug-likeness (QED) is 0.767. The molecule has 1 aromatic heterocycles. The van der Waals surface area contributed by atoms with Crippen LogP contribution in [0.5, 0.6) is 0 Å².